The van der Waals surface area contributed by atoms with Crippen LogP contribution < -0.4 is 4.74 Å². The molecule has 0 heterocycles. The standard InChI is InChI=1S/C12H14O5/c1-7-8(4-3-5-10(7)17-2)6-9(11(13)14)12(15)16/h3-5,9H,6H2,1-2H3,(H,13,14)(H,15,16). The number of hydrogen-bond acceptors (Lipinski definition) is 3. The Labute approximate surface area is 98.6 Å². The Morgan fingerprint density at radius 3 is 2.35 bits per heavy atom. The van der Waals surface area contributed by atoms with Crippen molar-refractivity contribution in [1.29, 1.82) is 0 Å². The fraction of sp³-hybridized carbons (Fsp3) is 0.333. The molecular formula is C12H14O5. The van der Waals surface area contributed by atoms with Gasteiger partial charge >= 0.3 is 11.9 Å². The predicted octanol–water partition coefficient (Wildman–Crippen LogP) is 1.33. The normalized spacial score (nSPS) is 10.3. The van der Waals surface area contributed by atoms with E-state index in [1.165, 1.54) is 7.11 Å². The van der Waals surface area contributed by atoms with Crippen LogP contribution in [-0.4, -0.2) is 29.3 Å². The minimum absolute atomic E-state index is 0.0479. The highest BCUT2D eigenvalue weighted by Crippen LogP contribution is 2.23. The number of ether oxygens (including phenoxy) is 1. The van der Waals surface area contributed by atoms with Crippen LogP contribution in [0.1, 0.15) is 11.1 Å². The van der Waals surface area contributed by atoms with E-state index in [0.29, 0.717) is 11.3 Å². The second-order valence-corrected chi connectivity index (χ2v) is 3.68. The van der Waals surface area contributed by atoms with E-state index in [-0.39, 0.29) is 6.42 Å². The van der Waals surface area contributed by atoms with Crippen LogP contribution in [-0.2, 0) is 16.0 Å². The molecule has 0 spiro atoms. The molecule has 2 N–H and O–H groups in total. The van der Waals surface area contributed by atoms with Crippen LogP contribution in [0.2, 0.25) is 0 Å². The molecule has 1 rings (SSSR count). The van der Waals surface area contributed by atoms with Gasteiger partial charge in [0.2, 0.25) is 0 Å². The van der Waals surface area contributed by atoms with Crippen LogP contribution in [0.3, 0.4) is 0 Å². The van der Waals surface area contributed by atoms with Crippen LogP contribution in [0, 0.1) is 12.8 Å². The largest absolute Gasteiger partial charge is 0.496 e. The van der Waals surface area contributed by atoms with E-state index in [4.69, 9.17) is 14.9 Å². The molecule has 0 atom stereocenters. The van der Waals surface area contributed by atoms with Gasteiger partial charge in [0.25, 0.3) is 0 Å². The third kappa shape index (κ3) is 2.96. The van der Waals surface area contributed by atoms with Gasteiger partial charge in [-0.05, 0) is 30.5 Å². The Morgan fingerprint density at radius 1 is 1.29 bits per heavy atom. The van der Waals surface area contributed by atoms with Gasteiger partial charge in [-0.15, -0.1) is 0 Å². The van der Waals surface area contributed by atoms with E-state index < -0.39 is 17.9 Å². The number of carbonyl (C=O) groups is 2. The van der Waals surface area contributed by atoms with E-state index in [2.05, 4.69) is 0 Å². The molecule has 1 aromatic carbocycles. The summed E-state index contributed by atoms with van der Waals surface area (Å²) in [5, 5.41) is 17.6. The third-order valence-corrected chi connectivity index (χ3v) is 2.64. The summed E-state index contributed by atoms with van der Waals surface area (Å²) in [4.78, 5) is 21.6. The molecule has 17 heavy (non-hydrogen) atoms. The van der Waals surface area contributed by atoms with Crippen LogP contribution >= 0.6 is 0 Å². The van der Waals surface area contributed by atoms with Gasteiger partial charge in [-0.1, -0.05) is 12.1 Å². The smallest absolute Gasteiger partial charge is 0.318 e. The second kappa shape index (κ2) is 5.34. The highest BCUT2D eigenvalue weighted by Gasteiger charge is 2.26. The lowest BCUT2D eigenvalue weighted by Gasteiger charge is -2.12. The van der Waals surface area contributed by atoms with Crippen LogP contribution in [0.4, 0.5) is 0 Å². The number of rotatable bonds is 5. The molecular weight excluding hydrogens is 224 g/mol. The zero-order valence-corrected chi connectivity index (χ0v) is 9.64. The minimum atomic E-state index is -1.43. The molecule has 92 valence electrons. The molecule has 0 amide bonds. The molecule has 5 nitrogen and oxygen atoms in total. The number of benzene rings is 1. The SMILES string of the molecule is COc1cccc(CC(C(=O)O)C(=O)O)c1C. The van der Waals surface area contributed by atoms with E-state index in [1.807, 2.05) is 0 Å². The molecule has 0 aliphatic carbocycles. The second-order valence-electron chi connectivity index (χ2n) is 3.68. The summed E-state index contributed by atoms with van der Waals surface area (Å²) in [7, 11) is 1.51. The lowest BCUT2D eigenvalue weighted by Crippen LogP contribution is -2.25. The van der Waals surface area contributed by atoms with Gasteiger partial charge < -0.3 is 14.9 Å². The van der Waals surface area contributed by atoms with Crippen molar-refractivity contribution in [2.24, 2.45) is 5.92 Å². The quantitative estimate of drug-likeness (QED) is 0.756. The summed E-state index contributed by atoms with van der Waals surface area (Å²) in [5.74, 6) is -3.47. The summed E-state index contributed by atoms with van der Waals surface area (Å²) in [6.07, 6.45) is -0.0479. The Balaban J connectivity index is 3.01. The van der Waals surface area contributed by atoms with Gasteiger partial charge in [-0.2, -0.15) is 0 Å². The molecule has 0 bridgehead atoms. The van der Waals surface area contributed by atoms with Crippen molar-refractivity contribution < 1.29 is 24.5 Å². The molecule has 0 fully saturated rings. The van der Waals surface area contributed by atoms with Crippen molar-refractivity contribution in [1.82, 2.24) is 0 Å². The number of carboxylic acids is 2. The van der Waals surface area contributed by atoms with Crippen molar-refractivity contribution in [3.8, 4) is 5.75 Å². The molecule has 0 aromatic heterocycles. The van der Waals surface area contributed by atoms with Crippen molar-refractivity contribution in [3.05, 3.63) is 29.3 Å². The Hall–Kier alpha value is -2.04. The van der Waals surface area contributed by atoms with Crippen molar-refractivity contribution in [2.75, 3.05) is 7.11 Å². The first kappa shape index (κ1) is 13.0. The molecule has 0 saturated carbocycles. The Bertz CT molecular complexity index is 425. The zero-order valence-electron chi connectivity index (χ0n) is 9.64. The van der Waals surface area contributed by atoms with Crippen molar-refractivity contribution in [3.63, 3.8) is 0 Å². The number of aliphatic carboxylic acids is 2. The highest BCUT2D eigenvalue weighted by atomic mass is 16.5. The fourth-order valence-corrected chi connectivity index (χ4v) is 1.60. The van der Waals surface area contributed by atoms with Gasteiger partial charge in [-0.3, -0.25) is 9.59 Å². The molecule has 0 unspecified atom stereocenters. The lowest BCUT2D eigenvalue weighted by atomic mass is 9.96. The monoisotopic (exact) mass is 238 g/mol. The molecule has 0 aliphatic rings. The van der Waals surface area contributed by atoms with Crippen molar-refractivity contribution in [2.45, 2.75) is 13.3 Å². The summed E-state index contributed by atoms with van der Waals surface area (Å²) in [5.41, 5.74) is 1.43. The van der Waals surface area contributed by atoms with Gasteiger partial charge in [0, 0.05) is 0 Å². The number of hydrogen-bond donors (Lipinski definition) is 2. The maximum absolute atomic E-state index is 10.8. The first-order valence-corrected chi connectivity index (χ1v) is 5.05. The zero-order chi connectivity index (χ0) is 13.0. The lowest BCUT2D eigenvalue weighted by molar-refractivity contribution is -0.154. The first-order valence-electron chi connectivity index (χ1n) is 5.05. The van der Waals surface area contributed by atoms with Crippen LogP contribution in [0.5, 0.6) is 5.75 Å². The van der Waals surface area contributed by atoms with E-state index in [0.717, 1.165) is 5.56 Å². The average Bonchev–Trinajstić information content (AvgIpc) is 2.26. The summed E-state index contributed by atoms with van der Waals surface area (Å²) >= 11 is 0. The maximum atomic E-state index is 10.8. The average molecular weight is 238 g/mol. The van der Waals surface area contributed by atoms with Crippen LogP contribution in [0.15, 0.2) is 18.2 Å². The van der Waals surface area contributed by atoms with E-state index in [9.17, 15) is 9.59 Å². The maximum Gasteiger partial charge on any atom is 0.318 e. The predicted molar refractivity (Wildman–Crippen MR) is 60.2 cm³/mol. The minimum Gasteiger partial charge on any atom is -0.496 e. The Morgan fingerprint density at radius 2 is 1.88 bits per heavy atom. The molecule has 0 saturated heterocycles. The van der Waals surface area contributed by atoms with E-state index in [1.54, 1.807) is 25.1 Å². The van der Waals surface area contributed by atoms with Gasteiger partial charge in [0.05, 0.1) is 7.11 Å². The summed E-state index contributed by atoms with van der Waals surface area (Å²) in [6, 6.07) is 5.16. The number of methoxy groups -OCH3 is 1. The Kier molecular flexibility index (Phi) is 4.09. The molecule has 5 heteroatoms. The van der Waals surface area contributed by atoms with Crippen molar-refractivity contribution >= 4 is 11.9 Å². The topological polar surface area (TPSA) is 83.8 Å². The van der Waals surface area contributed by atoms with Crippen LogP contribution in [0.25, 0.3) is 0 Å². The van der Waals surface area contributed by atoms with Gasteiger partial charge in [0.15, 0.2) is 5.92 Å². The van der Waals surface area contributed by atoms with Gasteiger partial charge in [-0.25, -0.2) is 0 Å². The number of carboxylic acid groups (broad SMARTS) is 2. The highest BCUT2D eigenvalue weighted by molar-refractivity contribution is 5.93. The summed E-state index contributed by atoms with van der Waals surface area (Å²) < 4.78 is 5.09. The third-order valence-electron chi connectivity index (χ3n) is 2.64. The van der Waals surface area contributed by atoms with Gasteiger partial charge in [0.1, 0.15) is 5.75 Å². The molecule has 0 radical (unpaired) electrons. The van der Waals surface area contributed by atoms with E-state index >= 15 is 0 Å². The molecule has 0 aliphatic heterocycles. The molecule has 1 aromatic rings. The summed E-state index contributed by atoms with van der Waals surface area (Å²) in [6.45, 7) is 1.77. The fourth-order valence-electron chi connectivity index (χ4n) is 1.60. The first-order chi connectivity index (χ1) is 7.97.